The molecular formula is C24H20N4O3. The number of aromatic amines is 1. The predicted octanol–water partition coefficient (Wildman–Crippen LogP) is 3.58. The SMILES string of the molecule is O=Cc1cccc(-c2n[nH]c3ncc(-c4cccc(C(=O)N5CCOCC5)c4)cc23)c1. The van der Waals surface area contributed by atoms with E-state index in [2.05, 4.69) is 15.2 Å². The summed E-state index contributed by atoms with van der Waals surface area (Å²) in [7, 11) is 0. The summed E-state index contributed by atoms with van der Waals surface area (Å²) < 4.78 is 5.34. The number of benzene rings is 2. The zero-order valence-corrected chi connectivity index (χ0v) is 16.7. The molecule has 2 aromatic carbocycles. The van der Waals surface area contributed by atoms with Gasteiger partial charge in [0.05, 0.1) is 13.2 Å². The van der Waals surface area contributed by atoms with Crippen LogP contribution >= 0.6 is 0 Å². The van der Waals surface area contributed by atoms with Crippen LogP contribution in [-0.2, 0) is 4.74 Å². The maximum absolute atomic E-state index is 12.9. The minimum absolute atomic E-state index is 0.00821. The van der Waals surface area contributed by atoms with Gasteiger partial charge in [0.15, 0.2) is 5.65 Å². The summed E-state index contributed by atoms with van der Waals surface area (Å²) in [5, 5.41) is 8.21. The Balaban J connectivity index is 1.52. The lowest BCUT2D eigenvalue weighted by Gasteiger charge is -2.27. The van der Waals surface area contributed by atoms with Crippen molar-refractivity contribution in [1.29, 1.82) is 0 Å². The average molecular weight is 412 g/mol. The second kappa shape index (κ2) is 8.12. The van der Waals surface area contributed by atoms with Gasteiger partial charge in [0.1, 0.15) is 12.0 Å². The number of carbonyl (C=O) groups is 2. The van der Waals surface area contributed by atoms with Crippen molar-refractivity contribution in [2.24, 2.45) is 0 Å². The van der Waals surface area contributed by atoms with Crippen molar-refractivity contribution in [2.45, 2.75) is 0 Å². The summed E-state index contributed by atoms with van der Waals surface area (Å²) in [4.78, 5) is 30.3. The molecule has 1 fully saturated rings. The molecule has 0 saturated carbocycles. The third kappa shape index (κ3) is 3.71. The van der Waals surface area contributed by atoms with Crippen molar-refractivity contribution in [3.63, 3.8) is 0 Å². The molecule has 2 aromatic heterocycles. The van der Waals surface area contributed by atoms with Gasteiger partial charge in [0.2, 0.25) is 0 Å². The Kier molecular flexibility index (Phi) is 5.01. The van der Waals surface area contributed by atoms with Crippen molar-refractivity contribution in [1.82, 2.24) is 20.1 Å². The van der Waals surface area contributed by atoms with Gasteiger partial charge in [-0.1, -0.05) is 30.3 Å². The summed E-state index contributed by atoms with van der Waals surface area (Å²) in [6.07, 6.45) is 2.59. The van der Waals surface area contributed by atoms with Gasteiger partial charge in [0.25, 0.3) is 5.91 Å². The molecule has 7 heteroatoms. The highest BCUT2D eigenvalue weighted by Crippen LogP contribution is 2.30. The van der Waals surface area contributed by atoms with E-state index in [0.29, 0.717) is 43.1 Å². The third-order valence-electron chi connectivity index (χ3n) is 5.45. The van der Waals surface area contributed by atoms with Crippen LogP contribution in [0.5, 0.6) is 0 Å². The Morgan fingerprint density at radius 1 is 1.00 bits per heavy atom. The van der Waals surface area contributed by atoms with Gasteiger partial charge in [-0.15, -0.1) is 0 Å². The first-order chi connectivity index (χ1) is 15.2. The molecule has 1 aliphatic rings. The number of hydrogen-bond acceptors (Lipinski definition) is 5. The van der Waals surface area contributed by atoms with Crippen LogP contribution in [0.15, 0.2) is 60.8 Å². The summed E-state index contributed by atoms with van der Waals surface area (Å²) in [5.41, 5.74) is 5.26. The van der Waals surface area contributed by atoms with E-state index in [1.54, 1.807) is 18.3 Å². The van der Waals surface area contributed by atoms with Crippen LogP contribution in [0.4, 0.5) is 0 Å². The Morgan fingerprint density at radius 2 is 1.81 bits per heavy atom. The zero-order valence-electron chi connectivity index (χ0n) is 16.7. The fraction of sp³-hybridized carbons (Fsp3) is 0.167. The highest BCUT2D eigenvalue weighted by atomic mass is 16.5. The molecule has 5 rings (SSSR count). The molecule has 1 aliphatic heterocycles. The van der Waals surface area contributed by atoms with E-state index in [9.17, 15) is 9.59 Å². The van der Waals surface area contributed by atoms with Crippen molar-refractivity contribution >= 4 is 23.2 Å². The van der Waals surface area contributed by atoms with Crippen LogP contribution in [-0.4, -0.2) is 58.6 Å². The Morgan fingerprint density at radius 3 is 2.65 bits per heavy atom. The molecule has 0 radical (unpaired) electrons. The molecular weight excluding hydrogens is 392 g/mol. The van der Waals surface area contributed by atoms with Crippen LogP contribution in [0.3, 0.4) is 0 Å². The maximum Gasteiger partial charge on any atom is 0.254 e. The highest BCUT2D eigenvalue weighted by Gasteiger charge is 2.19. The van der Waals surface area contributed by atoms with Crippen molar-refractivity contribution < 1.29 is 14.3 Å². The first-order valence-corrected chi connectivity index (χ1v) is 10.1. The van der Waals surface area contributed by atoms with Crippen molar-refractivity contribution in [3.05, 3.63) is 71.9 Å². The zero-order chi connectivity index (χ0) is 21.2. The fourth-order valence-electron chi connectivity index (χ4n) is 3.82. The number of H-pyrrole nitrogens is 1. The number of carbonyl (C=O) groups excluding carboxylic acids is 2. The van der Waals surface area contributed by atoms with Crippen LogP contribution in [0.2, 0.25) is 0 Å². The maximum atomic E-state index is 12.9. The minimum atomic E-state index is 0.00821. The molecule has 4 aromatic rings. The van der Waals surface area contributed by atoms with Crippen LogP contribution in [0, 0.1) is 0 Å². The molecule has 3 heterocycles. The second-order valence-corrected chi connectivity index (χ2v) is 7.42. The summed E-state index contributed by atoms with van der Waals surface area (Å²) in [6, 6.07) is 16.9. The van der Waals surface area contributed by atoms with Crippen molar-refractivity contribution in [3.8, 4) is 22.4 Å². The minimum Gasteiger partial charge on any atom is -0.378 e. The quantitative estimate of drug-likeness (QED) is 0.518. The van der Waals surface area contributed by atoms with Gasteiger partial charge in [-0.25, -0.2) is 4.98 Å². The van der Waals surface area contributed by atoms with Gasteiger partial charge < -0.3 is 9.64 Å². The largest absolute Gasteiger partial charge is 0.378 e. The van der Waals surface area contributed by atoms with Gasteiger partial charge >= 0.3 is 0 Å². The van der Waals surface area contributed by atoms with E-state index in [1.807, 2.05) is 47.4 Å². The lowest BCUT2D eigenvalue weighted by molar-refractivity contribution is 0.0303. The number of aromatic nitrogens is 3. The van der Waals surface area contributed by atoms with Gasteiger partial charge in [0, 0.05) is 46.9 Å². The number of nitrogens with one attached hydrogen (secondary N) is 1. The number of amides is 1. The Labute approximate surface area is 178 Å². The fourth-order valence-corrected chi connectivity index (χ4v) is 3.82. The van der Waals surface area contributed by atoms with Gasteiger partial charge in [-0.3, -0.25) is 14.7 Å². The van der Waals surface area contributed by atoms with E-state index >= 15 is 0 Å². The number of hydrogen-bond donors (Lipinski definition) is 1. The van der Waals surface area contributed by atoms with Gasteiger partial charge in [-0.05, 0) is 29.8 Å². The van der Waals surface area contributed by atoms with E-state index in [1.165, 1.54) is 0 Å². The standard InChI is InChI=1S/C24H20N4O3/c29-15-16-3-1-5-18(11-16)22-21-13-20(14-25-23(21)27-26-22)17-4-2-6-19(12-17)24(30)28-7-9-31-10-8-28/h1-6,11-15H,7-10H2,(H,25,26,27). The van der Waals surface area contributed by atoms with Crippen LogP contribution in [0.25, 0.3) is 33.4 Å². The summed E-state index contributed by atoms with van der Waals surface area (Å²) in [6.45, 7) is 2.35. The molecule has 7 nitrogen and oxygen atoms in total. The molecule has 0 aliphatic carbocycles. The first kappa shape index (κ1) is 19.1. The van der Waals surface area contributed by atoms with E-state index in [4.69, 9.17) is 4.74 Å². The molecule has 1 saturated heterocycles. The lowest BCUT2D eigenvalue weighted by atomic mass is 10.0. The van der Waals surface area contributed by atoms with E-state index in [0.717, 1.165) is 34.1 Å². The summed E-state index contributed by atoms with van der Waals surface area (Å²) >= 11 is 0. The molecule has 0 atom stereocenters. The molecule has 154 valence electrons. The number of morpholine rings is 1. The number of ether oxygens (including phenoxy) is 1. The predicted molar refractivity (Wildman–Crippen MR) is 117 cm³/mol. The normalized spacial score (nSPS) is 14.0. The number of nitrogens with zero attached hydrogens (tertiary/aromatic N) is 3. The number of pyridine rings is 1. The molecule has 1 amide bonds. The Bertz CT molecular complexity index is 1270. The molecule has 1 N–H and O–H groups in total. The van der Waals surface area contributed by atoms with Crippen molar-refractivity contribution in [2.75, 3.05) is 26.3 Å². The van der Waals surface area contributed by atoms with Gasteiger partial charge in [-0.2, -0.15) is 5.10 Å². The van der Waals surface area contributed by atoms with E-state index < -0.39 is 0 Å². The average Bonchev–Trinajstić information content (AvgIpc) is 3.27. The second-order valence-electron chi connectivity index (χ2n) is 7.42. The smallest absolute Gasteiger partial charge is 0.254 e. The summed E-state index contributed by atoms with van der Waals surface area (Å²) in [5.74, 6) is 0.00821. The molecule has 31 heavy (non-hydrogen) atoms. The number of aldehydes is 1. The lowest BCUT2D eigenvalue weighted by Crippen LogP contribution is -2.40. The highest BCUT2D eigenvalue weighted by molar-refractivity contribution is 5.97. The Hall–Kier alpha value is -3.84. The number of rotatable bonds is 4. The number of fused-ring (bicyclic) bond motifs is 1. The first-order valence-electron chi connectivity index (χ1n) is 10.1. The monoisotopic (exact) mass is 412 g/mol. The van der Waals surface area contributed by atoms with Crippen LogP contribution in [0.1, 0.15) is 20.7 Å². The topological polar surface area (TPSA) is 88.2 Å². The van der Waals surface area contributed by atoms with Crippen LogP contribution < -0.4 is 0 Å². The molecule has 0 unspecified atom stereocenters. The molecule has 0 spiro atoms. The van der Waals surface area contributed by atoms with E-state index in [-0.39, 0.29) is 5.91 Å². The molecule has 0 bridgehead atoms. The third-order valence-corrected chi connectivity index (χ3v) is 5.45.